The molecule has 0 radical (unpaired) electrons. The van der Waals surface area contributed by atoms with Crippen molar-refractivity contribution in [2.45, 2.75) is 68.9 Å². The summed E-state index contributed by atoms with van der Waals surface area (Å²) in [6, 6.07) is 0. The van der Waals surface area contributed by atoms with Gasteiger partial charge in [-0.3, -0.25) is 9.59 Å². The quantitative estimate of drug-likeness (QED) is 0.406. The van der Waals surface area contributed by atoms with E-state index in [0.717, 1.165) is 5.92 Å². The standard InChI is InChI=1S/C11H23.C3H4O4.Na/c1-5-6-7-8-9-11(4)10(2)3;4-2(5)1-3(6)7;/h10H,5-9H2,1-4H3;1H2,(H,4,5)(H,6,7);. The molecule has 0 aromatic heterocycles. The van der Waals surface area contributed by atoms with E-state index >= 15 is 0 Å². The summed E-state index contributed by atoms with van der Waals surface area (Å²) in [6.45, 7) is 9.47. The van der Waals surface area contributed by atoms with Crippen LogP contribution in [-0.4, -0.2) is 50.1 Å². The van der Waals surface area contributed by atoms with Crippen molar-refractivity contribution in [3.8, 4) is 0 Å². The molecule has 0 saturated carbocycles. The summed E-state index contributed by atoms with van der Waals surface area (Å²) in [5.41, 5.74) is 0. The number of carbonyl (C=O) groups is 2. The molecule has 0 bridgehead atoms. The van der Waals surface area contributed by atoms with E-state index in [9.17, 15) is 9.59 Å². The molecular formula is C14H27NaO4. The zero-order valence-electron chi connectivity index (χ0n) is 13.0. The van der Waals surface area contributed by atoms with Gasteiger partial charge in [-0.05, 0) is 0 Å². The van der Waals surface area contributed by atoms with E-state index in [0.29, 0.717) is 2.66 Å². The third kappa shape index (κ3) is 15.9. The van der Waals surface area contributed by atoms with Gasteiger partial charge in [-0.2, -0.15) is 0 Å². The minimum Gasteiger partial charge on any atom is -0.481 e. The van der Waals surface area contributed by atoms with E-state index in [2.05, 4.69) is 27.7 Å². The van der Waals surface area contributed by atoms with Crippen LogP contribution in [0.3, 0.4) is 0 Å². The van der Waals surface area contributed by atoms with Gasteiger partial charge in [0.15, 0.2) is 0 Å². The van der Waals surface area contributed by atoms with Gasteiger partial charge in [0, 0.05) is 0 Å². The molecule has 0 saturated heterocycles. The fraction of sp³-hybridized carbons (Fsp3) is 0.857. The molecule has 0 aromatic rings. The zero-order chi connectivity index (χ0) is 15.5. The van der Waals surface area contributed by atoms with Crippen LogP contribution in [0.4, 0.5) is 0 Å². The minimum atomic E-state index is -1.31. The van der Waals surface area contributed by atoms with Gasteiger partial charge in [0.2, 0.25) is 0 Å². The number of hydrogen-bond donors (Lipinski definition) is 2. The molecule has 5 heteroatoms. The Hall–Kier alpha value is -0.0600. The molecule has 19 heavy (non-hydrogen) atoms. The van der Waals surface area contributed by atoms with Crippen LogP contribution >= 0.6 is 0 Å². The van der Waals surface area contributed by atoms with Crippen molar-refractivity contribution in [3.05, 3.63) is 0 Å². The van der Waals surface area contributed by atoms with Gasteiger partial charge in [0.25, 0.3) is 0 Å². The predicted octanol–water partition coefficient (Wildman–Crippen LogP) is 3.51. The second kappa shape index (κ2) is 11.7. The number of aliphatic carboxylic acids is 2. The summed E-state index contributed by atoms with van der Waals surface area (Å²) in [5, 5.41) is 15.4. The Morgan fingerprint density at radius 3 is 1.84 bits per heavy atom. The molecule has 1 atom stereocenters. The molecule has 0 amide bonds. The maximum absolute atomic E-state index is 9.43. The monoisotopic (exact) mass is 282 g/mol. The van der Waals surface area contributed by atoms with Crippen molar-refractivity contribution in [1.82, 2.24) is 0 Å². The van der Waals surface area contributed by atoms with Gasteiger partial charge in [-0.25, -0.2) is 0 Å². The Balaban J connectivity index is 0. The number of rotatable bonds is 8. The van der Waals surface area contributed by atoms with Crippen LogP contribution in [0.2, 0.25) is 2.66 Å². The summed E-state index contributed by atoms with van der Waals surface area (Å²) < 4.78 is 0.688. The number of unbranched alkanes of at least 4 members (excludes halogenated alkanes) is 3. The smallest absolute Gasteiger partial charge is 0.314 e. The fourth-order valence-electron chi connectivity index (χ4n) is 1.43. The maximum Gasteiger partial charge on any atom is 0.314 e. The van der Waals surface area contributed by atoms with E-state index in [1.807, 2.05) is 0 Å². The number of hydrogen-bond acceptors (Lipinski definition) is 2. The van der Waals surface area contributed by atoms with E-state index in [1.54, 1.807) is 0 Å². The molecule has 0 aromatic carbocycles. The van der Waals surface area contributed by atoms with Crippen LogP contribution in [0.1, 0.15) is 66.2 Å². The van der Waals surface area contributed by atoms with E-state index in [1.165, 1.54) is 60.0 Å². The first-order chi connectivity index (χ1) is 8.63. The average molecular weight is 282 g/mol. The Morgan fingerprint density at radius 1 is 1.11 bits per heavy atom. The summed E-state index contributed by atoms with van der Waals surface area (Å²) in [7, 11) is 0. The Bertz CT molecular complexity index is 250. The van der Waals surface area contributed by atoms with Crippen LogP contribution in [-0.2, 0) is 9.59 Å². The van der Waals surface area contributed by atoms with Crippen LogP contribution in [0.5, 0.6) is 0 Å². The van der Waals surface area contributed by atoms with Gasteiger partial charge < -0.3 is 10.2 Å². The number of carboxylic acids is 2. The summed E-state index contributed by atoms with van der Waals surface area (Å²) in [5.74, 6) is -1.74. The SMILES string of the molecule is CCCCCC[C](C)([Na])C(C)C.O=C(O)CC(=O)O. The van der Waals surface area contributed by atoms with Crippen LogP contribution in [0.25, 0.3) is 0 Å². The van der Waals surface area contributed by atoms with Crippen LogP contribution < -0.4 is 0 Å². The molecule has 0 heterocycles. The summed E-state index contributed by atoms with van der Waals surface area (Å²) in [4.78, 5) is 18.9. The molecule has 0 rings (SSSR count). The van der Waals surface area contributed by atoms with E-state index in [4.69, 9.17) is 10.2 Å². The summed E-state index contributed by atoms with van der Waals surface area (Å²) >= 11 is 1.35. The van der Waals surface area contributed by atoms with Gasteiger partial charge in [0.05, 0.1) is 0 Å². The number of carboxylic acid groups (broad SMARTS) is 2. The van der Waals surface area contributed by atoms with Crippen LogP contribution in [0, 0.1) is 5.92 Å². The third-order valence-corrected chi connectivity index (χ3v) is 5.19. The van der Waals surface area contributed by atoms with E-state index < -0.39 is 18.4 Å². The van der Waals surface area contributed by atoms with Crippen LogP contribution in [0.15, 0.2) is 0 Å². The molecule has 4 nitrogen and oxygen atoms in total. The van der Waals surface area contributed by atoms with Crippen molar-refractivity contribution in [1.29, 1.82) is 0 Å². The molecule has 0 aliphatic rings. The van der Waals surface area contributed by atoms with Crippen molar-refractivity contribution in [2.75, 3.05) is 0 Å². The van der Waals surface area contributed by atoms with Crippen molar-refractivity contribution in [2.24, 2.45) is 5.92 Å². The normalized spacial score (nSPS) is 13.4. The van der Waals surface area contributed by atoms with Gasteiger partial charge in [-0.15, -0.1) is 0 Å². The summed E-state index contributed by atoms with van der Waals surface area (Å²) in [6.07, 6.45) is 6.33. The van der Waals surface area contributed by atoms with Gasteiger partial charge in [-0.1, -0.05) is 0 Å². The molecule has 108 valence electrons. The topological polar surface area (TPSA) is 74.6 Å². The third-order valence-electron chi connectivity index (χ3n) is 3.54. The average Bonchev–Trinajstić information content (AvgIpc) is 2.23. The first kappa shape index (κ1) is 21.2. The molecule has 0 aliphatic carbocycles. The van der Waals surface area contributed by atoms with Crippen molar-refractivity contribution < 1.29 is 19.8 Å². The first-order valence-electron chi connectivity index (χ1n) is 7.07. The largest absolute Gasteiger partial charge is 0.481 e. The molecular weight excluding hydrogens is 255 g/mol. The van der Waals surface area contributed by atoms with Crippen molar-refractivity contribution in [3.63, 3.8) is 0 Å². The molecule has 1 unspecified atom stereocenters. The zero-order valence-corrected chi connectivity index (χ0v) is 15.0. The Morgan fingerprint density at radius 2 is 1.58 bits per heavy atom. The molecule has 0 spiro atoms. The molecule has 0 aliphatic heterocycles. The van der Waals surface area contributed by atoms with E-state index in [-0.39, 0.29) is 0 Å². The fourth-order valence-corrected chi connectivity index (χ4v) is 1.78. The van der Waals surface area contributed by atoms with Gasteiger partial charge in [0.1, 0.15) is 6.42 Å². The molecule has 2 N–H and O–H groups in total. The Kier molecular flexibility index (Phi) is 13.1. The first-order valence-corrected chi connectivity index (χ1v) is 8.07. The predicted molar refractivity (Wildman–Crippen MR) is 77.6 cm³/mol. The second-order valence-corrected chi connectivity index (χ2v) is 8.20. The van der Waals surface area contributed by atoms with Crippen molar-refractivity contribution >= 4 is 39.9 Å². The maximum atomic E-state index is 9.43. The second-order valence-electron chi connectivity index (χ2n) is 5.92. The minimum absolute atomic E-state index is 0.688. The van der Waals surface area contributed by atoms with Gasteiger partial charge >= 0.3 is 108 Å². The molecule has 0 fully saturated rings. The Labute approximate surface area is 134 Å².